The maximum atomic E-state index is 13.5. The summed E-state index contributed by atoms with van der Waals surface area (Å²) in [6, 6.07) is 14.7. The van der Waals surface area contributed by atoms with Crippen molar-refractivity contribution in [2.45, 2.75) is 39.9 Å². The van der Waals surface area contributed by atoms with Crippen molar-refractivity contribution in [3.63, 3.8) is 0 Å². The van der Waals surface area contributed by atoms with Crippen LogP contribution < -0.4 is 10.1 Å². The second kappa shape index (κ2) is 11.7. The first-order valence-electron chi connectivity index (χ1n) is 11.0. The Morgan fingerprint density at radius 2 is 1.76 bits per heavy atom. The van der Waals surface area contributed by atoms with Crippen molar-refractivity contribution in [3.05, 3.63) is 81.8 Å². The van der Waals surface area contributed by atoms with E-state index in [0.29, 0.717) is 24.5 Å². The van der Waals surface area contributed by atoms with E-state index in [0.717, 1.165) is 16.0 Å². The summed E-state index contributed by atoms with van der Waals surface area (Å²) in [4.78, 5) is 30.8. The van der Waals surface area contributed by atoms with Gasteiger partial charge >= 0.3 is 6.03 Å². The fourth-order valence-electron chi connectivity index (χ4n) is 3.45. The molecule has 1 aromatic heterocycles. The highest BCUT2D eigenvalue weighted by atomic mass is 32.1. The standard InChI is InChI=1S/C26H30FN3O3S/c1-18(2)30(26(32)28-22-7-5-6-8-23(22)33-4)17-25(31)29(16-24-19(3)13-14-34-24)15-20-9-11-21(27)12-10-20/h5-14,18H,15-17H2,1-4H3,(H,28,32). The molecule has 1 N–H and O–H groups in total. The van der Waals surface area contributed by atoms with Crippen molar-refractivity contribution in [2.24, 2.45) is 0 Å². The number of carbonyl (C=O) groups is 2. The Labute approximate surface area is 204 Å². The minimum Gasteiger partial charge on any atom is -0.495 e. The molecule has 0 radical (unpaired) electrons. The molecule has 6 nitrogen and oxygen atoms in total. The van der Waals surface area contributed by atoms with E-state index < -0.39 is 0 Å². The van der Waals surface area contributed by atoms with Crippen LogP contribution in [0.1, 0.15) is 29.9 Å². The molecule has 34 heavy (non-hydrogen) atoms. The van der Waals surface area contributed by atoms with Crippen LogP contribution in [0.4, 0.5) is 14.9 Å². The third-order valence-corrected chi connectivity index (χ3v) is 6.49. The molecule has 0 aliphatic heterocycles. The van der Waals surface area contributed by atoms with Crippen molar-refractivity contribution in [1.29, 1.82) is 0 Å². The van der Waals surface area contributed by atoms with E-state index in [4.69, 9.17) is 4.74 Å². The van der Waals surface area contributed by atoms with Crippen LogP contribution in [0.25, 0.3) is 0 Å². The summed E-state index contributed by atoms with van der Waals surface area (Å²) >= 11 is 1.58. The van der Waals surface area contributed by atoms with Gasteiger partial charge in [-0.25, -0.2) is 9.18 Å². The highest BCUT2D eigenvalue weighted by Gasteiger charge is 2.25. The molecular formula is C26H30FN3O3S. The van der Waals surface area contributed by atoms with E-state index in [2.05, 4.69) is 5.32 Å². The Kier molecular flexibility index (Phi) is 8.65. The van der Waals surface area contributed by atoms with Crippen LogP contribution in [-0.2, 0) is 17.9 Å². The minimum atomic E-state index is -0.387. The number of halogens is 1. The highest BCUT2D eigenvalue weighted by Crippen LogP contribution is 2.24. The summed E-state index contributed by atoms with van der Waals surface area (Å²) in [5.74, 6) is 0.0210. The quantitative estimate of drug-likeness (QED) is 0.426. The second-order valence-corrected chi connectivity index (χ2v) is 9.26. The van der Waals surface area contributed by atoms with E-state index in [-0.39, 0.29) is 30.3 Å². The molecule has 0 saturated carbocycles. The predicted molar refractivity (Wildman–Crippen MR) is 134 cm³/mol. The Balaban J connectivity index is 1.79. The number of nitrogens with one attached hydrogen (secondary N) is 1. The molecule has 180 valence electrons. The number of carbonyl (C=O) groups excluding carboxylic acids is 2. The highest BCUT2D eigenvalue weighted by molar-refractivity contribution is 7.10. The SMILES string of the molecule is COc1ccccc1NC(=O)N(CC(=O)N(Cc1ccc(F)cc1)Cc1sccc1C)C(C)C. The van der Waals surface area contributed by atoms with Crippen molar-refractivity contribution < 1.29 is 18.7 Å². The lowest BCUT2D eigenvalue weighted by molar-refractivity contribution is -0.133. The van der Waals surface area contributed by atoms with Gasteiger partial charge in [-0.2, -0.15) is 0 Å². The minimum absolute atomic E-state index is 0.0930. The van der Waals surface area contributed by atoms with Crippen molar-refractivity contribution in [3.8, 4) is 5.75 Å². The molecule has 0 unspecified atom stereocenters. The van der Waals surface area contributed by atoms with E-state index in [1.807, 2.05) is 38.3 Å². The molecule has 8 heteroatoms. The van der Waals surface area contributed by atoms with Crippen LogP contribution in [0.2, 0.25) is 0 Å². The summed E-state index contributed by atoms with van der Waals surface area (Å²) in [5, 5.41) is 4.84. The summed E-state index contributed by atoms with van der Waals surface area (Å²) in [6.45, 7) is 6.37. The van der Waals surface area contributed by atoms with Gasteiger partial charge in [0.2, 0.25) is 5.91 Å². The van der Waals surface area contributed by atoms with Crippen LogP contribution in [-0.4, -0.2) is 41.4 Å². The van der Waals surface area contributed by atoms with Crippen LogP contribution in [0.15, 0.2) is 60.0 Å². The van der Waals surface area contributed by atoms with Gasteiger partial charge in [-0.3, -0.25) is 4.79 Å². The predicted octanol–water partition coefficient (Wildman–Crippen LogP) is 5.68. The average Bonchev–Trinajstić information content (AvgIpc) is 3.22. The van der Waals surface area contributed by atoms with Gasteiger partial charge in [0.25, 0.3) is 0 Å². The molecule has 0 aliphatic rings. The molecule has 2 aromatic carbocycles. The first-order valence-corrected chi connectivity index (χ1v) is 11.9. The molecule has 0 atom stereocenters. The number of ether oxygens (including phenoxy) is 1. The van der Waals surface area contributed by atoms with Crippen LogP contribution in [0.5, 0.6) is 5.75 Å². The fraction of sp³-hybridized carbons (Fsp3) is 0.308. The molecule has 0 saturated heterocycles. The number of nitrogens with zero attached hydrogens (tertiary/aromatic N) is 2. The zero-order chi connectivity index (χ0) is 24.7. The average molecular weight is 484 g/mol. The molecule has 3 rings (SSSR count). The number of hydrogen-bond acceptors (Lipinski definition) is 4. The first kappa shape index (κ1) is 25.2. The molecule has 3 aromatic rings. The maximum absolute atomic E-state index is 13.5. The van der Waals surface area contributed by atoms with Gasteiger partial charge in [-0.1, -0.05) is 24.3 Å². The maximum Gasteiger partial charge on any atom is 0.322 e. The molecule has 0 aliphatic carbocycles. The summed E-state index contributed by atoms with van der Waals surface area (Å²) in [5.41, 5.74) is 2.46. The molecule has 1 heterocycles. The van der Waals surface area contributed by atoms with E-state index in [1.165, 1.54) is 24.1 Å². The monoisotopic (exact) mass is 483 g/mol. The molecular weight excluding hydrogens is 453 g/mol. The number of aryl methyl sites for hydroxylation is 1. The first-order chi connectivity index (χ1) is 16.3. The second-order valence-electron chi connectivity index (χ2n) is 8.26. The number of anilines is 1. The summed E-state index contributed by atoms with van der Waals surface area (Å²) < 4.78 is 18.7. The lowest BCUT2D eigenvalue weighted by Gasteiger charge is -2.30. The van der Waals surface area contributed by atoms with Crippen molar-refractivity contribution in [1.82, 2.24) is 9.80 Å². The van der Waals surface area contributed by atoms with Gasteiger partial charge < -0.3 is 19.9 Å². The number of hydrogen-bond donors (Lipinski definition) is 1. The summed E-state index contributed by atoms with van der Waals surface area (Å²) in [6.07, 6.45) is 0. The largest absolute Gasteiger partial charge is 0.495 e. The normalized spacial score (nSPS) is 10.8. The van der Waals surface area contributed by atoms with Crippen molar-refractivity contribution >= 4 is 29.0 Å². The summed E-state index contributed by atoms with van der Waals surface area (Å²) in [7, 11) is 1.54. The fourth-order valence-corrected chi connectivity index (χ4v) is 4.37. The lowest BCUT2D eigenvalue weighted by atomic mass is 10.2. The molecule has 0 fully saturated rings. The van der Waals surface area contributed by atoms with E-state index in [1.54, 1.807) is 46.6 Å². The molecule has 0 bridgehead atoms. The van der Waals surface area contributed by atoms with Gasteiger partial charge in [-0.05, 0) is 67.6 Å². The van der Waals surface area contributed by atoms with Crippen LogP contribution in [0, 0.1) is 12.7 Å². The topological polar surface area (TPSA) is 61.9 Å². The number of thiophene rings is 1. The smallest absolute Gasteiger partial charge is 0.322 e. The lowest BCUT2D eigenvalue weighted by Crippen LogP contribution is -2.47. The van der Waals surface area contributed by atoms with Crippen LogP contribution >= 0.6 is 11.3 Å². The van der Waals surface area contributed by atoms with E-state index in [9.17, 15) is 14.0 Å². The van der Waals surface area contributed by atoms with Gasteiger partial charge in [0.15, 0.2) is 0 Å². The van der Waals surface area contributed by atoms with Crippen LogP contribution in [0.3, 0.4) is 0 Å². The van der Waals surface area contributed by atoms with E-state index >= 15 is 0 Å². The van der Waals surface area contributed by atoms with Gasteiger partial charge in [-0.15, -0.1) is 11.3 Å². The van der Waals surface area contributed by atoms with Crippen molar-refractivity contribution in [2.75, 3.05) is 19.0 Å². The Bertz CT molecular complexity index is 1110. The Morgan fingerprint density at radius 3 is 2.38 bits per heavy atom. The zero-order valence-corrected chi connectivity index (χ0v) is 20.7. The Hall–Kier alpha value is -3.39. The molecule has 0 spiro atoms. The number of urea groups is 1. The number of rotatable bonds is 9. The zero-order valence-electron chi connectivity index (χ0n) is 19.9. The van der Waals surface area contributed by atoms with Gasteiger partial charge in [0, 0.05) is 17.5 Å². The number of para-hydroxylation sites is 2. The number of methoxy groups -OCH3 is 1. The number of amides is 3. The van der Waals surface area contributed by atoms with Gasteiger partial charge in [0.05, 0.1) is 19.3 Å². The molecule has 3 amide bonds. The Morgan fingerprint density at radius 1 is 1.06 bits per heavy atom. The third-order valence-electron chi connectivity index (χ3n) is 5.48. The number of benzene rings is 2. The third kappa shape index (κ3) is 6.57. The van der Waals surface area contributed by atoms with Gasteiger partial charge in [0.1, 0.15) is 18.1 Å².